The van der Waals surface area contributed by atoms with Crippen molar-refractivity contribution in [3.05, 3.63) is 18.0 Å². The normalized spacial score (nSPS) is 32.9. The molecule has 4 nitrogen and oxygen atoms in total. The van der Waals surface area contributed by atoms with Gasteiger partial charge in [0.1, 0.15) is 0 Å². The highest BCUT2D eigenvalue weighted by Gasteiger charge is 2.51. The number of nitrogens with one attached hydrogen (secondary N) is 1. The number of aromatic nitrogens is 2. The van der Waals surface area contributed by atoms with Crippen LogP contribution < -0.4 is 5.32 Å². The summed E-state index contributed by atoms with van der Waals surface area (Å²) in [5.41, 5.74) is 2.10. The van der Waals surface area contributed by atoms with Gasteiger partial charge in [0.25, 0.3) is 0 Å². The van der Waals surface area contributed by atoms with Crippen molar-refractivity contribution in [3.8, 4) is 0 Å². The molecule has 0 radical (unpaired) electrons. The van der Waals surface area contributed by atoms with Crippen LogP contribution in [0.3, 0.4) is 0 Å². The van der Waals surface area contributed by atoms with Gasteiger partial charge in [-0.1, -0.05) is 12.8 Å². The van der Waals surface area contributed by atoms with Crippen LogP contribution in [0.1, 0.15) is 51.0 Å². The topological polar surface area (TPSA) is 33.1 Å². The van der Waals surface area contributed by atoms with E-state index >= 15 is 0 Å². The maximum Gasteiger partial charge on any atom is 0.0534 e. The molecule has 4 heteroatoms. The van der Waals surface area contributed by atoms with Crippen molar-refractivity contribution < 1.29 is 0 Å². The first-order chi connectivity index (χ1) is 10.1. The quantitative estimate of drug-likeness (QED) is 0.926. The summed E-state index contributed by atoms with van der Waals surface area (Å²) in [5.74, 6) is 0.896. The number of nitrogens with zero attached hydrogens (tertiary/aromatic N) is 3. The molecule has 3 aliphatic rings. The molecule has 116 valence electrons. The van der Waals surface area contributed by atoms with Crippen LogP contribution in [0.25, 0.3) is 0 Å². The van der Waals surface area contributed by atoms with Crippen LogP contribution in [0.5, 0.6) is 0 Å². The van der Waals surface area contributed by atoms with Crippen LogP contribution in [0, 0.1) is 5.92 Å². The van der Waals surface area contributed by atoms with E-state index in [0.717, 1.165) is 12.5 Å². The third-order valence-electron chi connectivity index (χ3n) is 6.16. The van der Waals surface area contributed by atoms with E-state index in [4.69, 9.17) is 0 Å². The van der Waals surface area contributed by atoms with Gasteiger partial charge in [-0.05, 0) is 38.5 Å². The molecule has 4 rings (SSSR count). The van der Waals surface area contributed by atoms with Gasteiger partial charge in [0.2, 0.25) is 0 Å². The summed E-state index contributed by atoms with van der Waals surface area (Å²) in [6, 6.07) is 0. The summed E-state index contributed by atoms with van der Waals surface area (Å²) in [6.45, 7) is 5.90. The van der Waals surface area contributed by atoms with E-state index in [1.807, 2.05) is 17.9 Å². The van der Waals surface area contributed by atoms with Gasteiger partial charge in [0.15, 0.2) is 0 Å². The maximum absolute atomic E-state index is 4.36. The molecule has 1 unspecified atom stereocenters. The van der Waals surface area contributed by atoms with Gasteiger partial charge in [-0.3, -0.25) is 9.58 Å². The minimum atomic E-state index is 0.329. The zero-order valence-corrected chi connectivity index (χ0v) is 13.4. The van der Waals surface area contributed by atoms with Gasteiger partial charge in [0.05, 0.1) is 6.20 Å². The maximum atomic E-state index is 4.36. The summed E-state index contributed by atoms with van der Waals surface area (Å²) in [7, 11) is 2.01. The second kappa shape index (κ2) is 4.82. The molecule has 1 aliphatic heterocycles. The Morgan fingerprint density at radius 1 is 1.33 bits per heavy atom. The number of aryl methyl sites for hydroxylation is 1. The van der Waals surface area contributed by atoms with Gasteiger partial charge in [0, 0.05) is 49.5 Å². The van der Waals surface area contributed by atoms with Gasteiger partial charge in [-0.25, -0.2) is 0 Å². The molecule has 3 fully saturated rings. The molecule has 2 aliphatic carbocycles. The molecule has 0 aromatic carbocycles. The Morgan fingerprint density at radius 3 is 2.71 bits per heavy atom. The Hall–Kier alpha value is -0.870. The molecule has 1 aromatic heterocycles. The van der Waals surface area contributed by atoms with Crippen LogP contribution >= 0.6 is 0 Å². The van der Waals surface area contributed by atoms with Crippen molar-refractivity contribution in [2.75, 3.05) is 13.1 Å². The predicted octanol–water partition coefficient (Wildman–Crippen LogP) is 2.31. The van der Waals surface area contributed by atoms with Crippen LogP contribution in [0.15, 0.2) is 12.4 Å². The smallest absolute Gasteiger partial charge is 0.0534 e. The van der Waals surface area contributed by atoms with Crippen molar-refractivity contribution in [2.45, 2.75) is 63.1 Å². The first-order valence-corrected chi connectivity index (χ1v) is 8.57. The van der Waals surface area contributed by atoms with Crippen LogP contribution in [0.2, 0.25) is 0 Å². The van der Waals surface area contributed by atoms with Crippen LogP contribution in [-0.4, -0.2) is 38.8 Å². The molecule has 2 heterocycles. The van der Waals surface area contributed by atoms with E-state index in [0.29, 0.717) is 11.1 Å². The molecular weight excluding hydrogens is 260 g/mol. The summed E-state index contributed by atoms with van der Waals surface area (Å²) < 4.78 is 1.93. The molecule has 0 bridgehead atoms. The highest BCUT2D eigenvalue weighted by atomic mass is 15.3. The Balaban J connectivity index is 1.57. The standard InChI is InChI=1S/C17H28N4/c1-16(15-5-6-15)13-21(11-14-9-19-20(2)10-14)17(12-18-16)7-3-4-8-17/h9-10,15,18H,3-8,11-13H2,1-2H3. The Labute approximate surface area is 127 Å². The third-order valence-corrected chi connectivity index (χ3v) is 6.16. The number of piperazine rings is 1. The molecule has 1 atom stereocenters. The molecular formula is C17H28N4. The predicted molar refractivity (Wildman–Crippen MR) is 83.9 cm³/mol. The Morgan fingerprint density at radius 2 is 2.10 bits per heavy atom. The fraction of sp³-hybridized carbons (Fsp3) is 0.824. The van der Waals surface area contributed by atoms with Crippen molar-refractivity contribution in [3.63, 3.8) is 0 Å². The van der Waals surface area contributed by atoms with Gasteiger partial charge in [-0.15, -0.1) is 0 Å². The van der Waals surface area contributed by atoms with E-state index < -0.39 is 0 Å². The summed E-state index contributed by atoms with van der Waals surface area (Å²) in [5, 5.41) is 8.30. The zero-order valence-electron chi connectivity index (χ0n) is 13.4. The summed E-state index contributed by atoms with van der Waals surface area (Å²) >= 11 is 0. The second-order valence-electron chi connectivity index (χ2n) is 7.86. The Kier molecular flexibility index (Phi) is 3.16. The first-order valence-electron chi connectivity index (χ1n) is 8.57. The highest BCUT2D eigenvalue weighted by Crippen LogP contribution is 2.46. The molecule has 1 spiro atoms. The highest BCUT2D eigenvalue weighted by molar-refractivity contribution is 5.13. The fourth-order valence-electron chi connectivity index (χ4n) is 4.62. The summed E-state index contributed by atoms with van der Waals surface area (Å²) in [4.78, 5) is 2.80. The van der Waals surface area contributed by atoms with Crippen molar-refractivity contribution in [1.29, 1.82) is 0 Å². The number of rotatable bonds is 3. The van der Waals surface area contributed by atoms with Crippen LogP contribution in [-0.2, 0) is 13.6 Å². The third kappa shape index (κ3) is 2.42. The average molecular weight is 288 g/mol. The molecule has 1 N–H and O–H groups in total. The van der Waals surface area contributed by atoms with Gasteiger partial charge in [-0.2, -0.15) is 5.10 Å². The lowest BCUT2D eigenvalue weighted by Gasteiger charge is -2.53. The average Bonchev–Trinajstić information content (AvgIpc) is 3.10. The fourth-order valence-corrected chi connectivity index (χ4v) is 4.62. The second-order valence-corrected chi connectivity index (χ2v) is 7.86. The van der Waals surface area contributed by atoms with Gasteiger partial charge < -0.3 is 5.32 Å². The number of hydrogen-bond donors (Lipinski definition) is 1. The zero-order chi connectivity index (χ0) is 14.5. The lowest BCUT2D eigenvalue weighted by Crippen LogP contribution is -2.68. The van der Waals surface area contributed by atoms with E-state index in [2.05, 4.69) is 28.4 Å². The van der Waals surface area contributed by atoms with E-state index in [-0.39, 0.29) is 0 Å². The molecule has 1 aromatic rings. The molecule has 21 heavy (non-hydrogen) atoms. The largest absolute Gasteiger partial charge is 0.308 e. The molecule has 1 saturated heterocycles. The molecule has 2 saturated carbocycles. The van der Waals surface area contributed by atoms with E-state index in [9.17, 15) is 0 Å². The van der Waals surface area contributed by atoms with Gasteiger partial charge >= 0.3 is 0 Å². The minimum absolute atomic E-state index is 0.329. The summed E-state index contributed by atoms with van der Waals surface area (Å²) in [6.07, 6.45) is 12.6. The minimum Gasteiger partial charge on any atom is -0.308 e. The van der Waals surface area contributed by atoms with Crippen molar-refractivity contribution in [2.24, 2.45) is 13.0 Å². The lowest BCUT2D eigenvalue weighted by molar-refractivity contribution is -0.000688. The van der Waals surface area contributed by atoms with Crippen molar-refractivity contribution in [1.82, 2.24) is 20.0 Å². The number of hydrogen-bond acceptors (Lipinski definition) is 3. The molecule has 0 amide bonds. The SMILES string of the molecule is Cn1cc(CN2CC(C)(C3CC3)NCC23CCCC3)cn1. The Bertz CT molecular complexity index is 513. The van der Waals surface area contributed by atoms with E-state index in [1.54, 1.807) is 0 Å². The monoisotopic (exact) mass is 288 g/mol. The first kappa shape index (κ1) is 13.8. The lowest BCUT2D eigenvalue weighted by atomic mass is 9.83. The van der Waals surface area contributed by atoms with E-state index in [1.165, 1.54) is 57.2 Å². The van der Waals surface area contributed by atoms with Crippen LogP contribution in [0.4, 0.5) is 0 Å². The van der Waals surface area contributed by atoms with Crippen molar-refractivity contribution >= 4 is 0 Å².